The Hall–Kier alpha value is -2.56. The van der Waals surface area contributed by atoms with Crippen LogP contribution in [0.3, 0.4) is 0 Å². The number of benzene rings is 1. The summed E-state index contributed by atoms with van der Waals surface area (Å²) in [6, 6.07) is 11.5. The van der Waals surface area contributed by atoms with Crippen LogP contribution in [-0.4, -0.2) is 84.7 Å². The molecule has 1 aromatic heterocycles. The maximum absolute atomic E-state index is 13.6. The SMILES string of the molecule is Cc1nc(NC2CCCC(c3ccccc3)C2)c(C)c(C(=O)N2CCC(N3CCC(NS(C)(=O)=O)CC3)CC2)n1. The van der Waals surface area contributed by atoms with Gasteiger partial charge < -0.3 is 15.1 Å². The quantitative estimate of drug-likeness (QED) is 0.522. The van der Waals surface area contributed by atoms with Crippen LogP contribution in [0.1, 0.15) is 84.7 Å². The van der Waals surface area contributed by atoms with Crippen LogP contribution in [-0.2, 0) is 10.0 Å². The number of likely N-dealkylation sites (tertiary alicyclic amines) is 2. The second-order valence-corrected chi connectivity index (χ2v) is 13.7. The smallest absolute Gasteiger partial charge is 0.272 e. The fourth-order valence-electron chi connectivity index (χ4n) is 6.79. The first-order valence-electron chi connectivity index (χ1n) is 14.8. The highest BCUT2D eigenvalue weighted by Crippen LogP contribution is 2.34. The van der Waals surface area contributed by atoms with Crippen molar-refractivity contribution in [3.05, 3.63) is 53.0 Å². The molecule has 2 saturated heterocycles. The number of sulfonamides is 1. The molecule has 9 nitrogen and oxygen atoms in total. The van der Waals surface area contributed by atoms with Gasteiger partial charge in [-0.1, -0.05) is 36.8 Å². The molecule has 3 aliphatic rings. The van der Waals surface area contributed by atoms with E-state index in [0.717, 1.165) is 63.0 Å². The summed E-state index contributed by atoms with van der Waals surface area (Å²) in [5.74, 6) is 1.94. The van der Waals surface area contributed by atoms with Crippen LogP contribution in [0.4, 0.5) is 5.82 Å². The number of carbonyl (C=O) groups excluding carboxylic acids is 1. The Bertz CT molecular complexity index is 1270. The molecule has 2 aromatic rings. The molecule has 5 rings (SSSR count). The number of hydrogen-bond acceptors (Lipinski definition) is 7. The summed E-state index contributed by atoms with van der Waals surface area (Å²) in [4.78, 5) is 27.4. The van der Waals surface area contributed by atoms with Crippen LogP contribution < -0.4 is 10.0 Å². The third-order valence-corrected chi connectivity index (χ3v) is 9.69. The Balaban J connectivity index is 1.18. The van der Waals surface area contributed by atoms with E-state index in [1.807, 2.05) is 18.7 Å². The van der Waals surface area contributed by atoms with Gasteiger partial charge in [0.15, 0.2) is 0 Å². The molecule has 10 heteroatoms. The molecule has 1 amide bonds. The Morgan fingerprint density at radius 2 is 1.60 bits per heavy atom. The van der Waals surface area contributed by atoms with Gasteiger partial charge in [0, 0.05) is 36.8 Å². The molecule has 218 valence electrons. The van der Waals surface area contributed by atoms with Crippen LogP contribution in [0, 0.1) is 13.8 Å². The largest absolute Gasteiger partial charge is 0.367 e. The van der Waals surface area contributed by atoms with E-state index in [9.17, 15) is 13.2 Å². The highest BCUT2D eigenvalue weighted by atomic mass is 32.2. The maximum Gasteiger partial charge on any atom is 0.272 e. The summed E-state index contributed by atoms with van der Waals surface area (Å²) in [6.45, 7) is 7.02. The van der Waals surface area contributed by atoms with Gasteiger partial charge in [-0.15, -0.1) is 0 Å². The van der Waals surface area contributed by atoms with Crippen LogP contribution in [0.15, 0.2) is 30.3 Å². The number of carbonyl (C=O) groups is 1. The molecule has 0 radical (unpaired) electrons. The summed E-state index contributed by atoms with van der Waals surface area (Å²) in [7, 11) is -3.17. The second-order valence-electron chi connectivity index (χ2n) is 11.9. The monoisotopic (exact) mass is 568 g/mol. The van der Waals surface area contributed by atoms with Crippen molar-refractivity contribution in [1.82, 2.24) is 24.5 Å². The van der Waals surface area contributed by atoms with E-state index < -0.39 is 10.0 Å². The molecule has 0 bridgehead atoms. The van der Waals surface area contributed by atoms with Crippen LogP contribution in [0.2, 0.25) is 0 Å². The normalized spacial score (nSPS) is 23.7. The number of amides is 1. The predicted molar refractivity (Wildman–Crippen MR) is 158 cm³/mol. The van der Waals surface area contributed by atoms with Gasteiger partial charge in [-0.2, -0.15) is 0 Å². The zero-order chi connectivity index (χ0) is 28.3. The summed E-state index contributed by atoms with van der Waals surface area (Å²) in [5.41, 5.74) is 2.75. The summed E-state index contributed by atoms with van der Waals surface area (Å²) >= 11 is 0. The van der Waals surface area contributed by atoms with E-state index in [2.05, 4.69) is 50.3 Å². The van der Waals surface area contributed by atoms with E-state index in [0.29, 0.717) is 42.6 Å². The van der Waals surface area contributed by atoms with Gasteiger partial charge in [-0.25, -0.2) is 23.1 Å². The minimum Gasteiger partial charge on any atom is -0.367 e. The number of nitrogens with one attached hydrogen (secondary N) is 2. The van der Waals surface area contributed by atoms with Gasteiger partial charge in [0.05, 0.1) is 6.26 Å². The zero-order valence-electron chi connectivity index (χ0n) is 24.1. The third kappa shape index (κ3) is 7.19. The highest BCUT2D eigenvalue weighted by molar-refractivity contribution is 7.88. The Morgan fingerprint density at radius 3 is 2.27 bits per heavy atom. The molecule has 2 aliphatic heterocycles. The molecule has 40 heavy (non-hydrogen) atoms. The highest BCUT2D eigenvalue weighted by Gasteiger charge is 2.32. The number of aromatic nitrogens is 2. The molecule has 1 aliphatic carbocycles. The predicted octanol–water partition coefficient (Wildman–Crippen LogP) is 3.85. The van der Waals surface area contributed by atoms with Crippen molar-refractivity contribution in [2.24, 2.45) is 0 Å². The van der Waals surface area contributed by atoms with E-state index in [1.54, 1.807) is 0 Å². The number of nitrogens with zero attached hydrogens (tertiary/aromatic N) is 4. The van der Waals surface area contributed by atoms with Crippen molar-refractivity contribution in [2.45, 2.75) is 89.3 Å². The number of anilines is 1. The summed E-state index contributed by atoms with van der Waals surface area (Å²) in [5, 5.41) is 3.68. The topological polar surface area (TPSA) is 108 Å². The van der Waals surface area contributed by atoms with Crippen molar-refractivity contribution in [2.75, 3.05) is 37.8 Å². The molecule has 1 saturated carbocycles. The molecule has 2 atom stereocenters. The number of rotatable bonds is 7. The van der Waals surface area contributed by atoms with Gasteiger partial charge in [0.25, 0.3) is 5.91 Å². The van der Waals surface area contributed by atoms with Gasteiger partial charge in [0.1, 0.15) is 17.3 Å². The van der Waals surface area contributed by atoms with E-state index >= 15 is 0 Å². The molecule has 2 N–H and O–H groups in total. The lowest BCUT2D eigenvalue weighted by molar-refractivity contribution is 0.0570. The van der Waals surface area contributed by atoms with Gasteiger partial charge in [0.2, 0.25) is 10.0 Å². The number of piperidine rings is 2. The summed E-state index contributed by atoms with van der Waals surface area (Å²) in [6.07, 6.45) is 9.27. The third-order valence-electron chi connectivity index (χ3n) is 8.92. The molecule has 2 unspecified atom stereocenters. The van der Waals surface area contributed by atoms with Crippen LogP contribution in [0.5, 0.6) is 0 Å². The summed E-state index contributed by atoms with van der Waals surface area (Å²) < 4.78 is 25.9. The van der Waals surface area contributed by atoms with Gasteiger partial charge >= 0.3 is 0 Å². The van der Waals surface area contributed by atoms with E-state index in [-0.39, 0.29) is 11.9 Å². The first kappa shape index (κ1) is 29.0. The standard InChI is InChI=1S/C30H44N6O3S/c1-21-28(30(37)36-18-14-27(15-19-36)35-16-12-25(13-17-35)34-40(3,38)39)31-22(2)32-29(21)33-26-11-7-10-24(20-26)23-8-5-4-6-9-23/h4-6,8-9,24-27,34H,7,10-20H2,1-3H3,(H,31,32,33). The van der Waals surface area contributed by atoms with Crippen molar-refractivity contribution >= 4 is 21.7 Å². The first-order valence-corrected chi connectivity index (χ1v) is 16.7. The Kier molecular flexibility index (Phi) is 9.07. The number of aryl methyl sites for hydroxylation is 1. The van der Waals surface area contributed by atoms with Crippen molar-refractivity contribution in [3.63, 3.8) is 0 Å². The van der Waals surface area contributed by atoms with Crippen molar-refractivity contribution in [1.29, 1.82) is 0 Å². The number of hydrogen-bond donors (Lipinski definition) is 2. The average molecular weight is 569 g/mol. The first-order chi connectivity index (χ1) is 19.2. The molecule has 3 fully saturated rings. The maximum atomic E-state index is 13.6. The Labute approximate surface area is 239 Å². The molecule has 3 heterocycles. The van der Waals surface area contributed by atoms with E-state index in [1.165, 1.54) is 24.7 Å². The lowest BCUT2D eigenvalue weighted by Crippen LogP contribution is -2.51. The minimum absolute atomic E-state index is 0.00799. The average Bonchev–Trinajstić information content (AvgIpc) is 2.95. The van der Waals surface area contributed by atoms with Crippen molar-refractivity contribution in [3.8, 4) is 0 Å². The minimum atomic E-state index is -3.17. The lowest BCUT2D eigenvalue weighted by Gasteiger charge is -2.41. The van der Waals surface area contributed by atoms with Gasteiger partial charge in [-0.05, 0) is 83.4 Å². The van der Waals surface area contributed by atoms with Crippen LogP contribution >= 0.6 is 0 Å². The molecular formula is C30H44N6O3S. The fourth-order valence-corrected chi connectivity index (χ4v) is 7.63. The molecule has 1 aromatic carbocycles. The lowest BCUT2D eigenvalue weighted by atomic mass is 9.81. The van der Waals surface area contributed by atoms with Gasteiger partial charge in [-0.3, -0.25) is 4.79 Å². The van der Waals surface area contributed by atoms with E-state index in [4.69, 9.17) is 4.98 Å². The zero-order valence-corrected chi connectivity index (χ0v) is 24.9. The van der Waals surface area contributed by atoms with Crippen molar-refractivity contribution < 1.29 is 13.2 Å². The second kappa shape index (κ2) is 12.5. The molecule has 0 spiro atoms. The molecular weight excluding hydrogens is 524 g/mol. The fraction of sp³-hybridized carbons (Fsp3) is 0.633. The van der Waals surface area contributed by atoms with Crippen LogP contribution in [0.25, 0.3) is 0 Å². The Morgan fingerprint density at radius 1 is 0.900 bits per heavy atom.